The first-order valence-electron chi connectivity index (χ1n) is 8.10. The Morgan fingerprint density at radius 1 is 1.00 bits per heavy atom. The van der Waals surface area contributed by atoms with Gasteiger partial charge < -0.3 is 0 Å². The van der Waals surface area contributed by atoms with Crippen LogP contribution in [-0.4, -0.2) is 9.97 Å². The number of hydrogen-bond donors (Lipinski definition) is 0. The molecule has 0 saturated heterocycles. The molecule has 24 heavy (non-hydrogen) atoms. The van der Waals surface area contributed by atoms with Gasteiger partial charge in [-0.2, -0.15) is 11.3 Å². The fourth-order valence-electron chi connectivity index (χ4n) is 4.20. The highest BCUT2D eigenvalue weighted by Gasteiger charge is 2.42. The molecule has 2 heterocycles. The zero-order valence-corrected chi connectivity index (χ0v) is 14.2. The summed E-state index contributed by atoms with van der Waals surface area (Å²) in [5.41, 5.74) is 7.74. The maximum atomic E-state index is 4.71. The topological polar surface area (TPSA) is 25.8 Å². The van der Waals surface area contributed by atoms with Crippen molar-refractivity contribution < 1.29 is 0 Å². The van der Waals surface area contributed by atoms with Crippen LogP contribution in [0.25, 0.3) is 10.8 Å². The predicted molar refractivity (Wildman–Crippen MR) is 99.6 cm³/mol. The molecule has 2 atom stereocenters. The van der Waals surface area contributed by atoms with Crippen LogP contribution in [0, 0.1) is 0 Å². The average molecular weight is 328 g/mol. The monoisotopic (exact) mass is 328 g/mol. The summed E-state index contributed by atoms with van der Waals surface area (Å²) in [4.78, 5) is 9.40. The van der Waals surface area contributed by atoms with E-state index in [0.717, 1.165) is 11.4 Å². The maximum absolute atomic E-state index is 4.71. The molecule has 2 nitrogen and oxygen atoms in total. The normalized spacial score (nSPS) is 21.4. The molecule has 3 heteroatoms. The highest BCUT2D eigenvalue weighted by molar-refractivity contribution is 7.09. The van der Waals surface area contributed by atoms with Crippen molar-refractivity contribution in [1.29, 1.82) is 0 Å². The first kappa shape index (κ1) is 13.9. The van der Waals surface area contributed by atoms with Crippen LogP contribution in [0.4, 0.5) is 0 Å². The van der Waals surface area contributed by atoms with E-state index in [-0.39, 0.29) is 11.8 Å². The van der Waals surface area contributed by atoms with Crippen molar-refractivity contribution in [3.63, 3.8) is 0 Å². The van der Waals surface area contributed by atoms with Crippen molar-refractivity contribution in [2.24, 2.45) is 0 Å². The van der Waals surface area contributed by atoms with Crippen molar-refractivity contribution in [1.82, 2.24) is 9.97 Å². The van der Waals surface area contributed by atoms with Gasteiger partial charge in [0.1, 0.15) is 0 Å². The molecule has 1 aromatic carbocycles. The highest BCUT2D eigenvalue weighted by atomic mass is 32.1. The lowest BCUT2D eigenvalue weighted by Crippen LogP contribution is -2.28. The number of rotatable bonds is 2. The third kappa shape index (κ3) is 1.70. The minimum Gasteiger partial charge on any atom is -0.257 e. The summed E-state index contributed by atoms with van der Waals surface area (Å²) in [7, 11) is 0. The average Bonchev–Trinajstić information content (AvgIpc) is 3.06. The van der Waals surface area contributed by atoms with Crippen molar-refractivity contribution in [2.45, 2.75) is 18.8 Å². The van der Waals surface area contributed by atoms with E-state index < -0.39 is 0 Å². The lowest BCUT2D eigenvalue weighted by Gasteiger charge is -2.40. The number of fused-ring (bicyclic) bond motifs is 1. The number of thiophene rings is 1. The van der Waals surface area contributed by atoms with Crippen LogP contribution in [-0.2, 0) is 0 Å². The summed E-state index contributed by atoms with van der Waals surface area (Å²) < 4.78 is 0. The largest absolute Gasteiger partial charge is 0.257 e. The molecule has 0 amide bonds. The van der Waals surface area contributed by atoms with Crippen LogP contribution in [0.3, 0.4) is 0 Å². The molecular formula is C21H16N2S. The molecule has 0 aliphatic heterocycles. The molecule has 2 aromatic heterocycles. The second kappa shape index (κ2) is 4.99. The van der Waals surface area contributed by atoms with E-state index in [1.807, 2.05) is 24.5 Å². The number of hydrogen-bond acceptors (Lipinski definition) is 3. The summed E-state index contributed by atoms with van der Waals surface area (Å²) in [5.74, 6) is 0.386. The van der Waals surface area contributed by atoms with Gasteiger partial charge in [0.05, 0.1) is 17.3 Å². The van der Waals surface area contributed by atoms with Crippen LogP contribution in [0.15, 0.2) is 71.2 Å². The van der Waals surface area contributed by atoms with Crippen LogP contribution in [0.5, 0.6) is 0 Å². The van der Waals surface area contributed by atoms with Gasteiger partial charge in [-0.15, -0.1) is 0 Å². The lowest BCUT2D eigenvalue weighted by atomic mass is 9.64. The minimum atomic E-state index is 0.175. The summed E-state index contributed by atoms with van der Waals surface area (Å²) in [6.45, 7) is 6.05. The van der Waals surface area contributed by atoms with Gasteiger partial charge in [-0.25, -0.2) is 0 Å². The van der Waals surface area contributed by atoms with E-state index in [1.165, 1.54) is 33.0 Å². The minimum absolute atomic E-state index is 0.175. The molecule has 0 N–H and O–H groups in total. The van der Waals surface area contributed by atoms with Crippen LogP contribution < -0.4 is 0 Å². The first-order chi connectivity index (χ1) is 11.8. The Bertz CT molecular complexity index is 1050. The van der Waals surface area contributed by atoms with Gasteiger partial charge in [0.2, 0.25) is 0 Å². The van der Waals surface area contributed by atoms with Gasteiger partial charge in [0.25, 0.3) is 0 Å². The molecule has 3 aromatic rings. The number of aromatic nitrogens is 2. The van der Waals surface area contributed by atoms with Gasteiger partial charge >= 0.3 is 0 Å². The second-order valence-electron chi connectivity index (χ2n) is 6.41. The SMILES string of the molecule is C=C/C=C\C1=C(C)C2c3cc4cscc4cc3C1c1nccnc12. The van der Waals surface area contributed by atoms with Crippen molar-refractivity contribution >= 4 is 22.1 Å². The summed E-state index contributed by atoms with van der Waals surface area (Å²) >= 11 is 1.76. The first-order valence-corrected chi connectivity index (χ1v) is 9.04. The fourth-order valence-corrected chi connectivity index (χ4v) is 4.97. The van der Waals surface area contributed by atoms with Crippen LogP contribution in [0.1, 0.15) is 41.3 Å². The smallest absolute Gasteiger partial charge is 0.0747 e. The van der Waals surface area contributed by atoms with Crippen molar-refractivity contribution in [2.75, 3.05) is 0 Å². The Morgan fingerprint density at radius 2 is 1.62 bits per heavy atom. The molecule has 0 radical (unpaired) electrons. The van der Waals surface area contributed by atoms with E-state index in [4.69, 9.17) is 9.97 Å². The zero-order valence-electron chi connectivity index (χ0n) is 13.4. The molecule has 6 rings (SSSR count). The summed E-state index contributed by atoms with van der Waals surface area (Å²) in [6.07, 6.45) is 9.68. The quantitative estimate of drug-likeness (QED) is 0.593. The van der Waals surface area contributed by atoms with Crippen LogP contribution >= 0.6 is 11.3 Å². The molecule has 3 aliphatic carbocycles. The zero-order chi connectivity index (χ0) is 16.3. The standard InChI is InChI=1S/C21H16N2S/c1-3-4-5-15-12(2)18-16-8-13-10-24-11-14(13)9-17(16)19(15)21-20(18)22-6-7-23-21/h3-11,18-19H,1H2,2H3/b5-4-. The van der Waals surface area contributed by atoms with Gasteiger partial charge in [-0.05, 0) is 57.3 Å². The van der Waals surface area contributed by atoms with E-state index in [1.54, 1.807) is 11.3 Å². The molecule has 0 spiro atoms. The Labute approximate surface area is 144 Å². The number of allylic oxidation sites excluding steroid dienone is 5. The maximum Gasteiger partial charge on any atom is 0.0747 e. The van der Waals surface area contributed by atoms with E-state index in [9.17, 15) is 0 Å². The molecule has 0 fully saturated rings. The van der Waals surface area contributed by atoms with Gasteiger partial charge in [-0.3, -0.25) is 9.97 Å². The third-order valence-corrected chi connectivity index (χ3v) is 6.00. The van der Waals surface area contributed by atoms with Gasteiger partial charge in [-0.1, -0.05) is 30.4 Å². The fraction of sp³-hybridized carbons (Fsp3) is 0.143. The molecule has 0 saturated carbocycles. The number of nitrogens with zero attached hydrogens (tertiary/aromatic N) is 2. The molecule has 3 aliphatic rings. The lowest BCUT2D eigenvalue weighted by molar-refractivity contribution is 0.692. The summed E-state index contributed by atoms with van der Waals surface area (Å²) in [6, 6.07) is 4.71. The second-order valence-corrected chi connectivity index (χ2v) is 7.15. The third-order valence-electron chi connectivity index (χ3n) is 5.22. The van der Waals surface area contributed by atoms with Gasteiger partial charge in [0, 0.05) is 18.3 Å². The Balaban J connectivity index is 1.85. The Hall–Kier alpha value is -2.52. The highest BCUT2D eigenvalue weighted by Crippen LogP contribution is 2.55. The van der Waals surface area contributed by atoms with E-state index in [0.29, 0.717) is 0 Å². The molecule has 2 unspecified atom stereocenters. The van der Waals surface area contributed by atoms with E-state index in [2.05, 4.69) is 42.5 Å². The molecular weight excluding hydrogens is 312 g/mol. The molecule has 2 bridgehead atoms. The van der Waals surface area contributed by atoms with Crippen molar-refractivity contribution in [3.8, 4) is 0 Å². The van der Waals surface area contributed by atoms with Crippen molar-refractivity contribution in [3.05, 3.63) is 93.8 Å². The van der Waals surface area contributed by atoms with E-state index >= 15 is 0 Å². The van der Waals surface area contributed by atoms with Gasteiger partial charge in [0.15, 0.2) is 0 Å². The molecule has 116 valence electrons. The summed E-state index contributed by atoms with van der Waals surface area (Å²) in [5, 5.41) is 7.10. The Morgan fingerprint density at radius 3 is 2.29 bits per heavy atom. The predicted octanol–water partition coefficient (Wildman–Crippen LogP) is 5.34. The number of benzene rings is 1. The Kier molecular flexibility index (Phi) is 2.88. The van der Waals surface area contributed by atoms with Crippen LogP contribution in [0.2, 0.25) is 0 Å².